The van der Waals surface area contributed by atoms with Crippen LogP contribution in [0.3, 0.4) is 0 Å². The van der Waals surface area contributed by atoms with E-state index in [9.17, 15) is 0 Å². The van der Waals surface area contributed by atoms with Crippen molar-refractivity contribution in [2.75, 3.05) is 24.5 Å². The van der Waals surface area contributed by atoms with Gasteiger partial charge < -0.3 is 15.5 Å². The predicted molar refractivity (Wildman–Crippen MR) is 104 cm³/mol. The fourth-order valence-electron chi connectivity index (χ4n) is 2.97. The van der Waals surface area contributed by atoms with Crippen LogP contribution in [0.15, 0.2) is 53.7 Å². The first kappa shape index (κ1) is 17.3. The first-order valence-corrected chi connectivity index (χ1v) is 9.11. The standard InChI is InChI=1S/C20H27N5/c1-2-21-20(23-15-17-8-4-3-5-9-17)24-16-18-10-11-22-19(14-18)25-12-6-7-13-25/h3-5,8-11,14H,2,6-7,12-13,15-16H2,1H3,(H2,21,23,24). The van der Waals surface area contributed by atoms with Crippen LogP contribution in [0.1, 0.15) is 30.9 Å². The summed E-state index contributed by atoms with van der Waals surface area (Å²) in [5, 5.41) is 6.70. The average Bonchev–Trinajstić information content (AvgIpc) is 3.20. The van der Waals surface area contributed by atoms with Gasteiger partial charge in [-0.1, -0.05) is 30.3 Å². The number of guanidine groups is 1. The maximum Gasteiger partial charge on any atom is 0.191 e. The Balaban J connectivity index is 1.61. The SMILES string of the molecule is CCNC(=NCc1ccnc(N2CCCC2)c1)NCc1ccccc1. The van der Waals surface area contributed by atoms with Gasteiger partial charge in [-0.25, -0.2) is 9.98 Å². The smallest absolute Gasteiger partial charge is 0.191 e. The molecule has 25 heavy (non-hydrogen) atoms. The molecule has 0 saturated carbocycles. The third kappa shape index (κ3) is 5.21. The lowest BCUT2D eigenvalue weighted by Crippen LogP contribution is -2.36. The van der Waals surface area contributed by atoms with Gasteiger partial charge in [0.05, 0.1) is 6.54 Å². The average molecular weight is 337 g/mol. The fraction of sp³-hybridized carbons (Fsp3) is 0.400. The molecule has 1 aliphatic heterocycles. The Kier molecular flexibility index (Phi) is 6.26. The summed E-state index contributed by atoms with van der Waals surface area (Å²) < 4.78 is 0. The summed E-state index contributed by atoms with van der Waals surface area (Å²) in [6.45, 7) is 6.56. The number of rotatable bonds is 6. The number of anilines is 1. The third-order valence-corrected chi connectivity index (χ3v) is 4.31. The maximum atomic E-state index is 4.71. The number of nitrogens with zero attached hydrogens (tertiary/aromatic N) is 3. The van der Waals surface area contributed by atoms with E-state index in [0.717, 1.165) is 38.0 Å². The van der Waals surface area contributed by atoms with Crippen molar-refractivity contribution in [3.05, 3.63) is 59.8 Å². The van der Waals surface area contributed by atoms with Gasteiger partial charge in [-0.05, 0) is 43.0 Å². The van der Waals surface area contributed by atoms with Crippen LogP contribution in [0.5, 0.6) is 0 Å². The number of benzene rings is 1. The number of hydrogen-bond acceptors (Lipinski definition) is 3. The quantitative estimate of drug-likeness (QED) is 0.629. The Labute approximate surface area is 150 Å². The van der Waals surface area contributed by atoms with Crippen molar-refractivity contribution in [1.29, 1.82) is 0 Å². The van der Waals surface area contributed by atoms with E-state index < -0.39 is 0 Å². The maximum absolute atomic E-state index is 4.71. The number of hydrogen-bond donors (Lipinski definition) is 2. The van der Waals surface area contributed by atoms with Crippen molar-refractivity contribution in [2.24, 2.45) is 4.99 Å². The molecule has 2 aromatic rings. The summed E-state index contributed by atoms with van der Waals surface area (Å²) in [6, 6.07) is 14.6. The van der Waals surface area contributed by atoms with E-state index in [1.807, 2.05) is 18.3 Å². The van der Waals surface area contributed by atoms with Gasteiger partial charge in [0.15, 0.2) is 5.96 Å². The number of nitrogens with one attached hydrogen (secondary N) is 2. The predicted octanol–water partition coefficient (Wildman–Crippen LogP) is 2.94. The summed E-state index contributed by atoms with van der Waals surface area (Å²) >= 11 is 0. The minimum atomic E-state index is 0.646. The van der Waals surface area contributed by atoms with Crippen molar-refractivity contribution in [2.45, 2.75) is 32.9 Å². The molecular formula is C20H27N5. The van der Waals surface area contributed by atoms with Gasteiger partial charge in [-0.15, -0.1) is 0 Å². The van der Waals surface area contributed by atoms with Crippen LogP contribution < -0.4 is 15.5 Å². The highest BCUT2D eigenvalue weighted by molar-refractivity contribution is 5.79. The molecule has 1 aromatic heterocycles. The van der Waals surface area contributed by atoms with E-state index in [4.69, 9.17) is 4.99 Å². The van der Waals surface area contributed by atoms with Crippen LogP contribution in [0.4, 0.5) is 5.82 Å². The minimum Gasteiger partial charge on any atom is -0.357 e. The lowest BCUT2D eigenvalue weighted by molar-refractivity contribution is 0.815. The first-order chi connectivity index (χ1) is 12.3. The Morgan fingerprint density at radius 1 is 1.08 bits per heavy atom. The monoisotopic (exact) mass is 337 g/mol. The van der Waals surface area contributed by atoms with Gasteiger partial charge in [-0.2, -0.15) is 0 Å². The Morgan fingerprint density at radius 3 is 2.64 bits per heavy atom. The molecule has 132 valence electrons. The topological polar surface area (TPSA) is 52.6 Å². The zero-order valence-electron chi connectivity index (χ0n) is 14.9. The van der Waals surface area contributed by atoms with Gasteiger partial charge in [0.25, 0.3) is 0 Å². The zero-order chi connectivity index (χ0) is 17.3. The summed E-state index contributed by atoms with van der Waals surface area (Å²) in [7, 11) is 0. The Bertz CT molecular complexity index is 677. The summed E-state index contributed by atoms with van der Waals surface area (Å²) in [4.78, 5) is 11.6. The van der Waals surface area contributed by atoms with Crippen LogP contribution in [0, 0.1) is 0 Å². The molecular weight excluding hydrogens is 310 g/mol. The minimum absolute atomic E-state index is 0.646. The van der Waals surface area contributed by atoms with Crippen LogP contribution in [-0.2, 0) is 13.1 Å². The molecule has 0 amide bonds. The highest BCUT2D eigenvalue weighted by Crippen LogP contribution is 2.18. The molecule has 0 unspecified atom stereocenters. The normalized spacial score (nSPS) is 14.6. The molecule has 0 spiro atoms. The van der Waals surface area contributed by atoms with E-state index in [1.54, 1.807) is 0 Å². The molecule has 1 aromatic carbocycles. The van der Waals surface area contributed by atoms with Gasteiger partial charge >= 0.3 is 0 Å². The van der Waals surface area contributed by atoms with Crippen molar-refractivity contribution in [3.63, 3.8) is 0 Å². The number of aliphatic imine (C=N–C) groups is 1. The van der Waals surface area contributed by atoms with Crippen molar-refractivity contribution in [1.82, 2.24) is 15.6 Å². The molecule has 1 fully saturated rings. The summed E-state index contributed by atoms with van der Waals surface area (Å²) in [6.07, 6.45) is 4.42. The van der Waals surface area contributed by atoms with Crippen molar-refractivity contribution < 1.29 is 0 Å². The lowest BCUT2D eigenvalue weighted by atomic mass is 10.2. The largest absolute Gasteiger partial charge is 0.357 e. The molecule has 3 rings (SSSR count). The molecule has 5 heteroatoms. The van der Waals surface area contributed by atoms with Crippen LogP contribution in [-0.4, -0.2) is 30.6 Å². The van der Waals surface area contributed by atoms with Gasteiger partial charge in [0.1, 0.15) is 5.82 Å². The van der Waals surface area contributed by atoms with E-state index in [2.05, 4.69) is 57.8 Å². The molecule has 2 heterocycles. The highest BCUT2D eigenvalue weighted by atomic mass is 15.2. The van der Waals surface area contributed by atoms with E-state index in [0.29, 0.717) is 6.54 Å². The summed E-state index contributed by atoms with van der Waals surface area (Å²) in [5.41, 5.74) is 2.43. The van der Waals surface area contributed by atoms with E-state index in [-0.39, 0.29) is 0 Å². The number of pyridine rings is 1. The zero-order valence-corrected chi connectivity index (χ0v) is 14.9. The second-order valence-electron chi connectivity index (χ2n) is 6.25. The molecule has 1 saturated heterocycles. The summed E-state index contributed by atoms with van der Waals surface area (Å²) in [5.74, 6) is 1.92. The van der Waals surface area contributed by atoms with Crippen LogP contribution in [0.25, 0.3) is 0 Å². The molecule has 5 nitrogen and oxygen atoms in total. The van der Waals surface area contributed by atoms with Gasteiger partial charge in [0, 0.05) is 32.4 Å². The van der Waals surface area contributed by atoms with E-state index >= 15 is 0 Å². The Morgan fingerprint density at radius 2 is 1.88 bits per heavy atom. The molecule has 1 aliphatic rings. The molecule has 0 atom stereocenters. The molecule has 0 aliphatic carbocycles. The van der Waals surface area contributed by atoms with Gasteiger partial charge in [0.2, 0.25) is 0 Å². The number of aromatic nitrogens is 1. The molecule has 0 bridgehead atoms. The molecule has 0 radical (unpaired) electrons. The van der Waals surface area contributed by atoms with Crippen LogP contribution in [0.2, 0.25) is 0 Å². The van der Waals surface area contributed by atoms with E-state index in [1.165, 1.54) is 24.0 Å². The highest BCUT2D eigenvalue weighted by Gasteiger charge is 2.13. The van der Waals surface area contributed by atoms with Gasteiger partial charge in [-0.3, -0.25) is 0 Å². The third-order valence-electron chi connectivity index (χ3n) is 4.31. The van der Waals surface area contributed by atoms with Crippen LogP contribution >= 0.6 is 0 Å². The Hall–Kier alpha value is -2.56. The first-order valence-electron chi connectivity index (χ1n) is 9.11. The second-order valence-corrected chi connectivity index (χ2v) is 6.25. The second kappa shape index (κ2) is 9.06. The van der Waals surface area contributed by atoms with Crippen molar-refractivity contribution >= 4 is 11.8 Å². The van der Waals surface area contributed by atoms with Crippen molar-refractivity contribution in [3.8, 4) is 0 Å². The lowest BCUT2D eigenvalue weighted by Gasteiger charge is -2.16. The molecule has 2 N–H and O–H groups in total. The fourth-order valence-corrected chi connectivity index (χ4v) is 2.97.